The van der Waals surface area contributed by atoms with Gasteiger partial charge in [0, 0.05) is 25.7 Å². The first-order valence-electron chi connectivity index (χ1n) is 10.7. The van der Waals surface area contributed by atoms with E-state index in [2.05, 4.69) is 35.2 Å². The monoisotopic (exact) mass is 480 g/mol. The molecule has 0 saturated carbocycles. The molecule has 0 fully saturated rings. The fraction of sp³-hybridized carbons (Fsp3) is 0.375. The highest BCUT2D eigenvalue weighted by molar-refractivity contribution is 5.73. The Hall–Kier alpha value is -3.40. The van der Waals surface area contributed by atoms with Crippen LogP contribution in [0.4, 0.5) is 18.9 Å². The number of carboxylic acid groups (broad SMARTS) is 1. The molecule has 7 nitrogen and oxygen atoms in total. The third-order valence-electron chi connectivity index (χ3n) is 5.10. The Labute approximate surface area is 195 Å². The van der Waals surface area contributed by atoms with E-state index >= 15 is 0 Å². The van der Waals surface area contributed by atoms with Gasteiger partial charge in [0.1, 0.15) is 0 Å². The number of nitrogens with zero attached hydrogens (tertiary/aromatic N) is 2. The van der Waals surface area contributed by atoms with Crippen LogP contribution in [-0.4, -0.2) is 46.8 Å². The minimum atomic E-state index is -5.08. The Bertz CT molecular complexity index is 1020. The standard InChI is InChI=1S/C22H26N2O3.C2HF3O2/c1-3-13-27-22-15-20(17(2)14-21(22)24(25)26)19-9-11-23(12-10-19)16-18-7-5-4-6-8-18;3-2(4,5)1(6)7/h4-9,14-15H,3,10-13,16H2,1-2H3;(H,6,7). The van der Waals surface area contributed by atoms with Gasteiger partial charge in [-0.3, -0.25) is 15.0 Å². The van der Waals surface area contributed by atoms with Gasteiger partial charge in [-0.15, -0.1) is 0 Å². The van der Waals surface area contributed by atoms with Gasteiger partial charge in [0.05, 0.1) is 11.5 Å². The van der Waals surface area contributed by atoms with E-state index in [1.54, 1.807) is 6.07 Å². The van der Waals surface area contributed by atoms with E-state index in [9.17, 15) is 23.3 Å². The number of halogens is 3. The molecule has 10 heteroatoms. The second kappa shape index (κ2) is 12.2. The second-order valence-electron chi connectivity index (χ2n) is 7.74. The molecule has 0 saturated heterocycles. The summed E-state index contributed by atoms with van der Waals surface area (Å²) in [5.41, 5.74) is 4.59. The molecular formula is C24H27F3N2O5. The number of rotatable bonds is 7. The minimum absolute atomic E-state index is 0.0480. The second-order valence-corrected chi connectivity index (χ2v) is 7.74. The maximum atomic E-state index is 11.3. The fourth-order valence-electron chi connectivity index (χ4n) is 3.43. The topological polar surface area (TPSA) is 92.9 Å². The molecule has 1 aliphatic heterocycles. The van der Waals surface area contributed by atoms with Crippen molar-refractivity contribution in [3.05, 3.63) is 75.3 Å². The van der Waals surface area contributed by atoms with Gasteiger partial charge in [-0.05, 0) is 48.1 Å². The Balaban J connectivity index is 0.000000509. The third-order valence-corrected chi connectivity index (χ3v) is 5.10. The van der Waals surface area contributed by atoms with E-state index in [-0.39, 0.29) is 10.6 Å². The lowest BCUT2D eigenvalue weighted by Crippen LogP contribution is -2.28. The maximum absolute atomic E-state index is 11.3. The van der Waals surface area contributed by atoms with E-state index in [4.69, 9.17) is 14.6 Å². The highest BCUT2D eigenvalue weighted by Crippen LogP contribution is 2.35. The molecule has 1 heterocycles. The van der Waals surface area contributed by atoms with Crippen LogP contribution in [0, 0.1) is 17.0 Å². The quantitative estimate of drug-likeness (QED) is 0.409. The van der Waals surface area contributed by atoms with Crippen molar-refractivity contribution in [2.45, 2.75) is 39.4 Å². The van der Waals surface area contributed by atoms with Crippen LogP contribution in [0.2, 0.25) is 0 Å². The molecule has 0 spiro atoms. The van der Waals surface area contributed by atoms with E-state index in [1.165, 1.54) is 11.1 Å². The molecule has 0 radical (unpaired) electrons. The summed E-state index contributed by atoms with van der Waals surface area (Å²) in [7, 11) is 0. The zero-order valence-electron chi connectivity index (χ0n) is 19.0. The molecule has 184 valence electrons. The molecule has 0 amide bonds. The number of benzene rings is 2. The first-order valence-corrected chi connectivity index (χ1v) is 10.7. The number of nitro benzene ring substituents is 1. The predicted molar refractivity (Wildman–Crippen MR) is 122 cm³/mol. The zero-order valence-corrected chi connectivity index (χ0v) is 19.0. The average Bonchev–Trinajstić information content (AvgIpc) is 2.79. The van der Waals surface area contributed by atoms with Crippen molar-refractivity contribution in [1.29, 1.82) is 0 Å². The van der Waals surface area contributed by atoms with E-state index in [0.29, 0.717) is 12.4 Å². The number of carbonyl (C=O) groups is 1. The van der Waals surface area contributed by atoms with Crippen molar-refractivity contribution in [3.8, 4) is 5.75 Å². The Kier molecular flexibility index (Phi) is 9.61. The summed E-state index contributed by atoms with van der Waals surface area (Å²) < 4.78 is 37.4. The van der Waals surface area contributed by atoms with Crippen LogP contribution in [0.3, 0.4) is 0 Å². The van der Waals surface area contributed by atoms with Gasteiger partial charge in [-0.2, -0.15) is 13.2 Å². The number of hydrogen-bond acceptors (Lipinski definition) is 5. The van der Waals surface area contributed by atoms with E-state index < -0.39 is 12.1 Å². The first kappa shape index (κ1) is 26.8. The number of alkyl halides is 3. The molecule has 0 unspecified atom stereocenters. The normalized spacial score (nSPS) is 14.0. The lowest BCUT2D eigenvalue weighted by Gasteiger charge is -2.27. The smallest absolute Gasteiger partial charge is 0.487 e. The maximum Gasteiger partial charge on any atom is 0.490 e. The molecule has 0 atom stereocenters. The summed E-state index contributed by atoms with van der Waals surface area (Å²) in [6.45, 7) is 7.20. The summed E-state index contributed by atoms with van der Waals surface area (Å²) in [6, 6.07) is 14.0. The third kappa shape index (κ3) is 7.87. The lowest BCUT2D eigenvalue weighted by atomic mass is 9.94. The van der Waals surface area contributed by atoms with Crippen LogP contribution in [0.5, 0.6) is 5.75 Å². The van der Waals surface area contributed by atoms with Gasteiger partial charge in [-0.25, -0.2) is 4.79 Å². The van der Waals surface area contributed by atoms with Crippen LogP contribution in [0.25, 0.3) is 5.57 Å². The van der Waals surface area contributed by atoms with Gasteiger partial charge < -0.3 is 9.84 Å². The summed E-state index contributed by atoms with van der Waals surface area (Å²) in [6.07, 6.45) is -1.10. The van der Waals surface area contributed by atoms with Crippen LogP contribution in [0.15, 0.2) is 48.5 Å². The molecule has 0 aliphatic carbocycles. The number of hydrogen-bond donors (Lipinski definition) is 1. The molecule has 3 rings (SSSR count). The van der Waals surface area contributed by atoms with Crippen molar-refractivity contribution in [3.63, 3.8) is 0 Å². The number of ether oxygens (including phenoxy) is 1. The zero-order chi connectivity index (χ0) is 25.3. The molecule has 0 aromatic heterocycles. The van der Waals surface area contributed by atoms with Crippen molar-refractivity contribution in [2.75, 3.05) is 19.7 Å². The molecule has 2 aromatic rings. The Morgan fingerprint density at radius 1 is 1.24 bits per heavy atom. The number of carboxylic acids is 1. The first-order chi connectivity index (χ1) is 16.0. The van der Waals surface area contributed by atoms with Gasteiger partial charge in [0.2, 0.25) is 0 Å². The molecule has 34 heavy (non-hydrogen) atoms. The van der Waals surface area contributed by atoms with Crippen LogP contribution >= 0.6 is 0 Å². The lowest BCUT2D eigenvalue weighted by molar-refractivity contribution is -0.385. The predicted octanol–water partition coefficient (Wildman–Crippen LogP) is 5.61. The van der Waals surface area contributed by atoms with E-state index in [1.807, 2.05) is 26.0 Å². The minimum Gasteiger partial charge on any atom is -0.487 e. The summed E-state index contributed by atoms with van der Waals surface area (Å²) in [4.78, 5) is 22.3. The molecule has 1 N–H and O–H groups in total. The SMILES string of the molecule is CCCOc1cc(C2=CCN(Cc3ccccc3)CC2)c(C)cc1[N+](=O)[O-].O=C(O)C(F)(F)F. The largest absolute Gasteiger partial charge is 0.490 e. The van der Waals surface area contributed by atoms with Gasteiger partial charge in [-0.1, -0.05) is 43.3 Å². The fourth-order valence-corrected chi connectivity index (χ4v) is 3.43. The highest BCUT2D eigenvalue weighted by Gasteiger charge is 2.38. The summed E-state index contributed by atoms with van der Waals surface area (Å²) in [5.74, 6) is -2.39. The summed E-state index contributed by atoms with van der Waals surface area (Å²) >= 11 is 0. The average molecular weight is 480 g/mol. The van der Waals surface area contributed by atoms with Gasteiger partial charge in [0.25, 0.3) is 0 Å². The van der Waals surface area contributed by atoms with Crippen molar-refractivity contribution in [2.24, 2.45) is 0 Å². The Morgan fingerprint density at radius 2 is 1.88 bits per heavy atom. The van der Waals surface area contributed by atoms with Crippen LogP contribution in [-0.2, 0) is 11.3 Å². The molecule has 0 bridgehead atoms. The molecular weight excluding hydrogens is 453 g/mol. The van der Waals surface area contributed by atoms with Crippen molar-refractivity contribution < 1.29 is 32.7 Å². The van der Waals surface area contributed by atoms with Gasteiger partial charge in [0.15, 0.2) is 5.75 Å². The highest BCUT2D eigenvalue weighted by atomic mass is 19.4. The molecule has 2 aromatic carbocycles. The Morgan fingerprint density at radius 3 is 2.38 bits per heavy atom. The molecule has 1 aliphatic rings. The van der Waals surface area contributed by atoms with Crippen LogP contribution < -0.4 is 4.74 Å². The van der Waals surface area contributed by atoms with Gasteiger partial charge >= 0.3 is 17.8 Å². The van der Waals surface area contributed by atoms with Crippen molar-refractivity contribution >= 4 is 17.2 Å². The van der Waals surface area contributed by atoms with E-state index in [0.717, 1.165) is 43.6 Å². The number of aryl methyl sites for hydroxylation is 1. The number of nitro groups is 1. The summed E-state index contributed by atoms with van der Waals surface area (Å²) in [5, 5.41) is 18.5. The van der Waals surface area contributed by atoms with Crippen LogP contribution in [0.1, 0.15) is 36.5 Å². The number of aliphatic carboxylic acids is 1. The van der Waals surface area contributed by atoms with Crippen molar-refractivity contribution in [1.82, 2.24) is 4.90 Å².